The number of carbonyl (C=O) groups excluding carboxylic acids is 1. The van der Waals surface area contributed by atoms with Crippen LogP contribution in [0.5, 0.6) is 5.75 Å². The van der Waals surface area contributed by atoms with Crippen LogP contribution in [0, 0.1) is 0 Å². The SMILES string of the molecule is CN(CCOc1ccc(Cl)cc1)C(=O)c1ccc(-n2cccn2)cc1. The molecule has 0 aliphatic heterocycles. The van der Waals surface area contributed by atoms with Gasteiger partial charge in [-0.15, -0.1) is 0 Å². The van der Waals surface area contributed by atoms with Gasteiger partial charge in [0.15, 0.2) is 0 Å². The molecule has 0 radical (unpaired) electrons. The summed E-state index contributed by atoms with van der Waals surface area (Å²) in [7, 11) is 1.76. The highest BCUT2D eigenvalue weighted by molar-refractivity contribution is 6.30. The number of benzene rings is 2. The van der Waals surface area contributed by atoms with Gasteiger partial charge in [-0.2, -0.15) is 5.10 Å². The number of ether oxygens (including phenoxy) is 1. The number of hydrogen-bond donors (Lipinski definition) is 0. The Morgan fingerprint density at radius 2 is 1.88 bits per heavy atom. The molecule has 128 valence electrons. The molecule has 0 spiro atoms. The average molecular weight is 356 g/mol. The van der Waals surface area contributed by atoms with E-state index in [1.165, 1.54) is 0 Å². The maximum atomic E-state index is 12.5. The van der Waals surface area contributed by atoms with E-state index >= 15 is 0 Å². The van der Waals surface area contributed by atoms with Crippen LogP contribution in [0.1, 0.15) is 10.4 Å². The van der Waals surface area contributed by atoms with E-state index in [1.54, 1.807) is 59.2 Å². The Bertz CT molecular complexity index is 815. The van der Waals surface area contributed by atoms with Gasteiger partial charge in [-0.3, -0.25) is 4.79 Å². The van der Waals surface area contributed by atoms with E-state index in [-0.39, 0.29) is 5.91 Å². The highest BCUT2D eigenvalue weighted by atomic mass is 35.5. The van der Waals surface area contributed by atoms with Crippen molar-refractivity contribution in [2.24, 2.45) is 0 Å². The molecule has 3 aromatic rings. The first-order chi connectivity index (χ1) is 12.1. The second kappa shape index (κ2) is 7.85. The minimum atomic E-state index is -0.0493. The zero-order valence-electron chi connectivity index (χ0n) is 13.8. The summed E-state index contributed by atoms with van der Waals surface area (Å²) in [6, 6.07) is 16.4. The van der Waals surface area contributed by atoms with Crippen molar-refractivity contribution in [3.05, 3.63) is 77.6 Å². The maximum Gasteiger partial charge on any atom is 0.253 e. The third-order valence-electron chi connectivity index (χ3n) is 3.74. The summed E-state index contributed by atoms with van der Waals surface area (Å²) in [6.45, 7) is 0.900. The second-order valence-corrected chi connectivity index (χ2v) is 5.96. The molecule has 0 aliphatic carbocycles. The van der Waals surface area contributed by atoms with Crippen LogP contribution in [0.2, 0.25) is 5.02 Å². The lowest BCUT2D eigenvalue weighted by atomic mass is 10.2. The van der Waals surface area contributed by atoms with Crippen molar-refractivity contribution in [2.45, 2.75) is 0 Å². The Labute approximate surface area is 151 Å². The first-order valence-corrected chi connectivity index (χ1v) is 8.25. The number of amides is 1. The molecule has 2 aromatic carbocycles. The van der Waals surface area contributed by atoms with Crippen LogP contribution in [-0.2, 0) is 0 Å². The predicted molar refractivity (Wildman–Crippen MR) is 97.5 cm³/mol. The fraction of sp³-hybridized carbons (Fsp3) is 0.158. The average Bonchev–Trinajstić information content (AvgIpc) is 3.17. The fourth-order valence-electron chi connectivity index (χ4n) is 2.33. The van der Waals surface area contributed by atoms with Crippen molar-refractivity contribution >= 4 is 17.5 Å². The first kappa shape index (κ1) is 17.0. The second-order valence-electron chi connectivity index (χ2n) is 5.53. The maximum absolute atomic E-state index is 12.5. The monoisotopic (exact) mass is 355 g/mol. The van der Waals surface area contributed by atoms with Crippen LogP contribution in [-0.4, -0.2) is 40.8 Å². The molecule has 6 heteroatoms. The standard InChI is InChI=1S/C19H18ClN3O2/c1-22(13-14-25-18-9-5-16(20)6-10-18)19(24)15-3-7-17(8-4-15)23-12-2-11-21-23/h2-12H,13-14H2,1H3. The van der Waals surface area contributed by atoms with E-state index in [2.05, 4.69) is 5.10 Å². The highest BCUT2D eigenvalue weighted by Crippen LogP contribution is 2.15. The van der Waals surface area contributed by atoms with Crippen molar-refractivity contribution in [1.82, 2.24) is 14.7 Å². The van der Waals surface area contributed by atoms with Gasteiger partial charge in [-0.1, -0.05) is 11.6 Å². The van der Waals surface area contributed by atoms with Gasteiger partial charge in [0.1, 0.15) is 12.4 Å². The number of halogens is 1. The molecule has 0 unspecified atom stereocenters. The normalized spacial score (nSPS) is 10.5. The van der Waals surface area contributed by atoms with Crippen LogP contribution in [0.25, 0.3) is 5.69 Å². The Hall–Kier alpha value is -2.79. The predicted octanol–water partition coefficient (Wildman–Crippen LogP) is 3.68. The lowest BCUT2D eigenvalue weighted by Crippen LogP contribution is -2.30. The Morgan fingerprint density at radius 1 is 1.16 bits per heavy atom. The molecule has 1 heterocycles. The zero-order valence-corrected chi connectivity index (χ0v) is 14.6. The van der Waals surface area contributed by atoms with Crippen molar-refractivity contribution in [3.63, 3.8) is 0 Å². The molecule has 0 bridgehead atoms. The summed E-state index contributed by atoms with van der Waals surface area (Å²) in [5.74, 6) is 0.681. The molecule has 25 heavy (non-hydrogen) atoms. The molecule has 0 saturated heterocycles. The fourth-order valence-corrected chi connectivity index (χ4v) is 2.46. The smallest absolute Gasteiger partial charge is 0.253 e. The van der Waals surface area contributed by atoms with Crippen LogP contribution in [0.3, 0.4) is 0 Å². The van der Waals surface area contributed by atoms with Gasteiger partial charge in [0.2, 0.25) is 0 Å². The molecule has 0 fully saturated rings. The van der Waals surface area contributed by atoms with E-state index in [0.29, 0.717) is 23.7 Å². The van der Waals surface area contributed by atoms with Crippen molar-refractivity contribution in [2.75, 3.05) is 20.2 Å². The largest absolute Gasteiger partial charge is 0.492 e. The lowest BCUT2D eigenvalue weighted by Gasteiger charge is -2.18. The molecule has 1 amide bonds. The van der Waals surface area contributed by atoms with Crippen LogP contribution in [0.15, 0.2) is 67.0 Å². The molecular formula is C19H18ClN3O2. The quantitative estimate of drug-likeness (QED) is 0.677. The number of likely N-dealkylation sites (N-methyl/N-ethyl adjacent to an activating group) is 1. The van der Waals surface area contributed by atoms with Gasteiger partial charge < -0.3 is 9.64 Å². The first-order valence-electron chi connectivity index (χ1n) is 7.87. The molecule has 0 atom stereocenters. The third-order valence-corrected chi connectivity index (χ3v) is 3.99. The highest BCUT2D eigenvalue weighted by Gasteiger charge is 2.11. The van der Waals surface area contributed by atoms with E-state index < -0.39 is 0 Å². The zero-order chi connectivity index (χ0) is 17.6. The summed E-state index contributed by atoms with van der Waals surface area (Å²) < 4.78 is 7.37. The van der Waals surface area contributed by atoms with Gasteiger partial charge in [-0.25, -0.2) is 4.68 Å². The summed E-state index contributed by atoms with van der Waals surface area (Å²) in [4.78, 5) is 14.1. The van der Waals surface area contributed by atoms with E-state index in [1.807, 2.05) is 24.4 Å². The van der Waals surface area contributed by atoms with Crippen molar-refractivity contribution in [1.29, 1.82) is 0 Å². The summed E-state index contributed by atoms with van der Waals surface area (Å²) in [5.41, 5.74) is 1.54. The minimum Gasteiger partial charge on any atom is -0.492 e. The van der Waals surface area contributed by atoms with Crippen LogP contribution < -0.4 is 4.74 Å². The topological polar surface area (TPSA) is 47.4 Å². The van der Waals surface area contributed by atoms with E-state index in [4.69, 9.17) is 16.3 Å². The van der Waals surface area contributed by atoms with E-state index in [0.717, 1.165) is 11.4 Å². The Kier molecular flexibility index (Phi) is 5.36. The number of carbonyl (C=O) groups is 1. The van der Waals surface area contributed by atoms with Crippen molar-refractivity contribution < 1.29 is 9.53 Å². The van der Waals surface area contributed by atoms with Gasteiger partial charge in [-0.05, 0) is 54.6 Å². The van der Waals surface area contributed by atoms with Gasteiger partial charge >= 0.3 is 0 Å². The summed E-state index contributed by atoms with van der Waals surface area (Å²) >= 11 is 5.84. The molecular weight excluding hydrogens is 338 g/mol. The molecule has 3 rings (SSSR count). The summed E-state index contributed by atoms with van der Waals surface area (Å²) in [6.07, 6.45) is 3.57. The number of rotatable bonds is 6. The van der Waals surface area contributed by atoms with Gasteiger partial charge in [0, 0.05) is 30.0 Å². The minimum absolute atomic E-state index is 0.0493. The van der Waals surface area contributed by atoms with Crippen LogP contribution in [0.4, 0.5) is 0 Å². The Morgan fingerprint density at radius 3 is 2.52 bits per heavy atom. The molecule has 0 N–H and O–H groups in total. The lowest BCUT2D eigenvalue weighted by molar-refractivity contribution is 0.0774. The Balaban J connectivity index is 1.54. The number of nitrogens with zero attached hydrogens (tertiary/aromatic N) is 3. The molecule has 1 aromatic heterocycles. The van der Waals surface area contributed by atoms with Crippen molar-refractivity contribution in [3.8, 4) is 11.4 Å². The summed E-state index contributed by atoms with van der Waals surface area (Å²) in [5, 5.41) is 4.83. The van der Waals surface area contributed by atoms with Crippen LogP contribution >= 0.6 is 11.6 Å². The molecule has 5 nitrogen and oxygen atoms in total. The molecule has 0 aliphatic rings. The number of aromatic nitrogens is 2. The number of hydrogen-bond acceptors (Lipinski definition) is 3. The van der Waals surface area contributed by atoms with Gasteiger partial charge in [0.05, 0.1) is 12.2 Å². The third kappa shape index (κ3) is 4.39. The van der Waals surface area contributed by atoms with E-state index in [9.17, 15) is 4.79 Å². The van der Waals surface area contributed by atoms with Gasteiger partial charge in [0.25, 0.3) is 5.91 Å². The molecule has 0 saturated carbocycles.